The maximum Gasteiger partial charge on any atom is 0.277 e. The van der Waals surface area contributed by atoms with Gasteiger partial charge in [0.2, 0.25) is 5.91 Å². The van der Waals surface area contributed by atoms with Crippen LogP contribution in [0.15, 0.2) is 46.2 Å². The Morgan fingerprint density at radius 1 is 1.19 bits per heavy atom. The van der Waals surface area contributed by atoms with E-state index >= 15 is 0 Å². The molecule has 2 N–H and O–H groups in total. The lowest BCUT2D eigenvalue weighted by Gasteiger charge is -2.26. The summed E-state index contributed by atoms with van der Waals surface area (Å²) in [4.78, 5) is 41.6. The van der Waals surface area contributed by atoms with Gasteiger partial charge >= 0.3 is 0 Å². The normalized spacial score (nSPS) is 11.4. The van der Waals surface area contributed by atoms with E-state index in [4.69, 9.17) is 23.2 Å². The highest BCUT2D eigenvalue weighted by Gasteiger charge is 2.26. The first-order chi connectivity index (χ1) is 14.4. The zero-order valence-electron chi connectivity index (χ0n) is 17.2. The van der Waals surface area contributed by atoms with Crippen LogP contribution in [0.3, 0.4) is 0 Å². The van der Waals surface area contributed by atoms with Crippen LogP contribution in [0.25, 0.3) is 11.5 Å². The Morgan fingerprint density at radius 2 is 1.87 bits per heavy atom. The second kappa shape index (κ2) is 8.20. The number of hydrogen-bond donors (Lipinski definition) is 2. The molecule has 0 saturated carbocycles. The predicted molar refractivity (Wildman–Crippen MR) is 119 cm³/mol. The third-order valence-electron chi connectivity index (χ3n) is 4.73. The van der Waals surface area contributed by atoms with Gasteiger partial charge in [0.15, 0.2) is 0 Å². The number of aromatic hydroxyl groups is 1. The molecular formula is C21H20Cl2N4O4. The zero-order chi connectivity index (χ0) is 23.1. The van der Waals surface area contributed by atoms with Crippen LogP contribution < -0.4 is 16.4 Å². The van der Waals surface area contributed by atoms with E-state index in [1.54, 1.807) is 32.9 Å². The molecule has 31 heavy (non-hydrogen) atoms. The number of halogens is 2. The van der Waals surface area contributed by atoms with E-state index in [1.807, 2.05) is 0 Å². The maximum atomic E-state index is 13.2. The lowest BCUT2D eigenvalue weighted by atomic mass is 9.95. The van der Waals surface area contributed by atoms with Crippen LogP contribution in [0, 0.1) is 6.92 Å². The van der Waals surface area contributed by atoms with Gasteiger partial charge in [0.1, 0.15) is 16.6 Å². The van der Waals surface area contributed by atoms with Crippen LogP contribution in [-0.4, -0.2) is 25.1 Å². The third-order valence-corrected chi connectivity index (χ3v) is 5.38. The molecule has 8 nitrogen and oxygen atoms in total. The summed E-state index contributed by atoms with van der Waals surface area (Å²) in [6.45, 7) is 6.42. The highest BCUT2D eigenvalue weighted by molar-refractivity contribution is 6.32. The van der Waals surface area contributed by atoms with E-state index in [2.05, 4.69) is 10.3 Å². The molecule has 0 aliphatic rings. The fourth-order valence-electron chi connectivity index (χ4n) is 3.37. The molecule has 0 unspecified atom stereocenters. The lowest BCUT2D eigenvalue weighted by Crippen LogP contribution is -2.44. The fraction of sp³-hybridized carbons (Fsp3) is 0.238. The van der Waals surface area contributed by atoms with Crippen LogP contribution in [0.4, 0.5) is 0 Å². The topological polar surface area (TPSA) is 106 Å². The van der Waals surface area contributed by atoms with E-state index in [9.17, 15) is 19.5 Å². The smallest absolute Gasteiger partial charge is 0.277 e. The summed E-state index contributed by atoms with van der Waals surface area (Å²) in [6, 6.07) is 6.09. The van der Waals surface area contributed by atoms with E-state index in [0.29, 0.717) is 11.3 Å². The molecule has 0 aromatic carbocycles. The van der Waals surface area contributed by atoms with Crippen molar-refractivity contribution in [2.75, 3.05) is 0 Å². The van der Waals surface area contributed by atoms with Crippen molar-refractivity contribution in [2.45, 2.75) is 33.2 Å². The van der Waals surface area contributed by atoms with Gasteiger partial charge in [0, 0.05) is 36.5 Å². The first kappa shape index (κ1) is 22.6. The van der Waals surface area contributed by atoms with Gasteiger partial charge in [-0.15, -0.1) is 0 Å². The average molecular weight is 463 g/mol. The van der Waals surface area contributed by atoms with Gasteiger partial charge in [-0.25, -0.2) is 4.98 Å². The molecular weight excluding hydrogens is 443 g/mol. The van der Waals surface area contributed by atoms with E-state index in [-0.39, 0.29) is 33.2 Å². The molecule has 1 amide bonds. The third kappa shape index (κ3) is 4.22. The molecule has 0 fully saturated rings. The Labute approximate surface area is 187 Å². The van der Waals surface area contributed by atoms with Gasteiger partial charge in [0.25, 0.3) is 11.1 Å². The maximum absolute atomic E-state index is 13.2. The Kier molecular flexibility index (Phi) is 5.98. The van der Waals surface area contributed by atoms with Crippen LogP contribution in [0.2, 0.25) is 10.0 Å². The monoisotopic (exact) mass is 462 g/mol. The van der Waals surface area contributed by atoms with Crippen LogP contribution in [-0.2, 0) is 10.3 Å². The minimum atomic E-state index is -0.917. The van der Waals surface area contributed by atoms with Gasteiger partial charge < -0.3 is 10.4 Å². The van der Waals surface area contributed by atoms with E-state index < -0.39 is 16.7 Å². The number of carbonyl (C=O) groups excluding carboxylic acids is 1. The molecule has 0 spiro atoms. The number of nitrogens with one attached hydrogen (secondary N) is 1. The average Bonchev–Trinajstić information content (AvgIpc) is 2.67. The zero-order valence-corrected chi connectivity index (χ0v) is 18.7. The molecule has 3 rings (SSSR count). The van der Waals surface area contributed by atoms with Crippen molar-refractivity contribution in [1.29, 1.82) is 0 Å². The molecule has 3 aromatic heterocycles. The van der Waals surface area contributed by atoms with Crippen molar-refractivity contribution in [2.24, 2.45) is 0 Å². The summed E-state index contributed by atoms with van der Waals surface area (Å²) in [5, 5.41) is 12.3. The molecule has 0 aliphatic heterocycles. The Balaban J connectivity index is 2.22. The van der Waals surface area contributed by atoms with Crippen LogP contribution in [0.5, 0.6) is 5.75 Å². The quantitative estimate of drug-likeness (QED) is 0.619. The lowest BCUT2D eigenvalue weighted by molar-refractivity contribution is -0.120. The molecule has 0 atom stereocenters. The van der Waals surface area contributed by atoms with Gasteiger partial charge in [-0.3, -0.25) is 23.5 Å². The van der Waals surface area contributed by atoms with Crippen molar-refractivity contribution >= 4 is 29.1 Å². The SMILES string of the molecule is CC(=O)NC(C)(C)c1cccn(-c2cc(-n3c(C)cc(O)c(Cl)c3=O)c(Cl)cn2)c1=O. The number of pyridine rings is 3. The minimum absolute atomic E-state index is 0.151. The van der Waals surface area contributed by atoms with Crippen molar-refractivity contribution in [3.63, 3.8) is 0 Å². The number of aromatic nitrogens is 3. The van der Waals surface area contributed by atoms with Gasteiger partial charge in [-0.1, -0.05) is 23.2 Å². The van der Waals surface area contributed by atoms with Gasteiger partial charge in [0.05, 0.1) is 22.4 Å². The number of amides is 1. The van der Waals surface area contributed by atoms with Crippen molar-refractivity contribution in [3.05, 3.63) is 78.7 Å². The first-order valence-corrected chi connectivity index (χ1v) is 9.98. The molecule has 0 saturated heterocycles. The summed E-state index contributed by atoms with van der Waals surface area (Å²) in [5.41, 5.74) is -0.988. The highest BCUT2D eigenvalue weighted by Crippen LogP contribution is 2.26. The number of aryl methyl sites for hydroxylation is 1. The number of hydrogen-bond acceptors (Lipinski definition) is 5. The Morgan fingerprint density at radius 3 is 2.52 bits per heavy atom. The van der Waals surface area contributed by atoms with Crippen molar-refractivity contribution in [1.82, 2.24) is 19.4 Å². The van der Waals surface area contributed by atoms with Crippen molar-refractivity contribution in [3.8, 4) is 17.3 Å². The van der Waals surface area contributed by atoms with E-state index in [0.717, 1.165) is 0 Å². The minimum Gasteiger partial charge on any atom is -0.506 e. The number of rotatable bonds is 4. The number of nitrogens with zero attached hydrogens (tertiary/aromatic N) is 3. The molecule has 3 heterocycles. The summed E-state index contributed by atoms with van der Waals surface area (Å²) in [6.07, 6.45) is 2.84. The fourth-order valence-corrected chi connectivity index (χ4v) is 3.70. The van der Waals surface area contributed by atoms with Crippen molar-refractivity contribution < 1.29 is 9.90 Å². The summed E-state index contributed by atoms with van der Waals surface area (Å²) >= 11 is 12.2. The largest absolute Gasteiger partial charge is 0.506 e. The Bertz CT molecular complexity index is 1310. The summed E-state index contributed by atoms with van der Waals surface area (Å²) in [5.74, 6) is -0.402. The molecule has 0 aliphatic carbocycles. The first-order valence-electron chi connectivity index (χ1n) is 9.22. The molecule has 0 radical (unpaired) electrons. The molecule has 162 valence electrons. The molecule has 10 heteroatoms. The second-order valence-corrected chi connectivity index (χ2v) is 8.31. The van der Waals surface area contributed by atoms with Gasteiger partial charge in [-0.2, -0.15) is 0 Å². The van der Waals surface area contributed by atoms with Crippen LogP contribution in [0.1, 0.15) is 32.0 Å². The predicted octanol–water partition coefficient (Wildman–Crippen LogP) is 3.08. The number of carbonyl (C=O) groups is 1. The Hall–Kier alpha value is -3.10. The van der Waals surface area contributed by atoms with Gasteiger partial charge in [-0.05, 0) is 32.9 Å². The van der Waals surface area contributed by atoms with Crippen LogP contribution >= 0.6 is 23.2 Å². The summed E-state index contributed by atoms with van der Waals surface area (Å²) < 4.78 is 2.52. The standard InChI is InChI=1S/C21H20Cl2N4O4/c1-11-8-16(29)18(23)20(31)27(11)15-9-17(24-10-14(15)22)26-7-5-6-13(19(26)30)21(3,4)25-12(2)28/h5-10,29H,1-4H3,(H,25,28). The highest BCUT2D eigenvalue weighted by atomic mass is 35.5. The molecule has 3 aromatic rings. The summed E-state index contributed by atoms with van der Waals surface area (Å²) in [7, 11) is 0. The van der Waals surface area contributed by atoms with E-state index in [1.165, 1.54) is 40.6 Å². The molecule has 0 bridgehead atoms. The second-order valence-electron chi connectivity index (χ2n) is 7.52.